The van der Waals surface area contributed by atoms with Crippen molar-refractivity contribution in [2.75, 3.05) is 47.6 Å². The number of alkyl carbamates (subject to hydrolysis) is 1. The van der Waals surface area contributed by atoms with Gasteiger partial charge in [0, 0.05) is 31.6 Å². The lowest BCUT2D eigenvalue weighted by Crippen LogP contribution is -2.59. The highest BCUT2D eigenvalue weighted by Crippen LogP contribution is 2.35. The van der Waals surface area contributed by atoms with E-state index in [0.29, 0.717) is 84.9 Å². The lowest BCUT2D eigenvalue weighted by atomic mass is 9.95. The second-order valence-corrected chi connectivity index (χ2v) is 26.0. The van der Waals surface area contributed by atoms with E-state index in [9.17, 15) is 24.0 Å². The molecule has 93 heavy (non-hydrogen) atoms. The third-order valence-electron chi connectivity index (χ3n) is 14.5. The zero-order valence-corrected chi connectivity index (χ0v) is 57.0. The van der Waals surface area contributed by atoms with E-state index in [-0.39, 0.29) is 32.0 Å². The third-order valence-corrected chi connectivity index (χ3v) is 14.5. The topological polar surface area (TPSA) is 282 Å². The Balaban J connectivity index is 1.53. The fraction of sp³-hybridized carbons (Fsp3) is 0.486. The molecule has 5 rings (SSSR count). The van der Waals surface area contributed by atoms with Gasteiger partial charge in [-0.15, -0.1) is 0 Å². The van der Waals surface area contributed by atoms with Crippen LogP contribution < -0.4 is 56.6 Å². The first-order valence-electron chi connectivity index (χ1n) is 31.7. The molecule has 1 unspecified atom stereocenters. The second-order valence-electron chi connectivity index (χ2n) is 26.0. The van der Waals surface area contributed by atoms with Crippen molar-refractivity contribution in [3.05, 3.63) is 142 Å². The summed E-state index contributed by atoms with van der Waals surface area (Å²) in [6, 6.07) is 25.4. The van der Waals surface area contributed by atoms with Crippen molar-refractivity contribution in [3.63, 3.8) is 0 Å². The molecule has 5 aromatic rings. The van der Waals surface area contributed by atoms with Crippen LogP contribution in [-0.4, -0.2) is 130 Å². The van der Waals surface area contributed by atoms with Crippen molar-refractivity contribution < 1.29 is 66.7 Å². The van der Waals surface area contributed by atoms with Gasteiger partial charge in [-0.3, -0.25) is 28.8 Å². The normalized spacial score (nSPS) is 13.2. The predicted octanol–water partition coefficient (Wildman–Crippen LogP) is 9.16. The number of benzene rings is 5. The monoisotopic (exact) mass is 1290 g/mol. The average Bonchev–Trinajstić information content (AvgIpc) is 0.949. The van der Waals surface area contributed by atoms with Gasteiger partial charge in [0.05, 0.1) is 45.5 Å². The molecule has 0 spiro atoms. The second kappa shape index (κ2) is 35.4. The summed E-state index contributed by atoms with van der Waals surface area (Å²) >= 11 is 0. The highest BCUT2D eigenvalue weighted by atomic mass is 16.6. The quantitative estimate of drug-likeness (QED) is 0.0152. The number of aryl methyl sites for hydroxylation is 4. The molecule has 506 valence electrons. The fourth-order valence-corrected chi connectivity index (χ4v) is 10.0. The highest BCUT2D eigenvalue weighted by molar-refractivity contribution is 5.96. The maximum Gasteiger partial charge on any atom is 0.407 e. The molecule has 0 heterocycles. The molecule has 0 aliphatic carbocycles. The number of rotatable bonds is 33. The van der Waals surface area contributed by atoms with Crippen LogP contribution in [0.15, 0.2) is 103 Å². The summed E-state index contributed by atoms with van der Waals surface area (Å²) in [5.41, 5.74) is 11.9. The molecule has 0 radical (unpaired) electrons. The van der Waals surface area contributed by atoms with Gasteiger partial charge in [0.25, 0.3) is 5.91 Å². The average molecular weight is 1290 g/mol. The number of carbonyl (C=O) groups is 7. The molecule has 21 heteroatoms. The zero-order valence-electron chi connectivity index (χ0n) is 57.0. The van der Waals surface area contributed by atoms with Gasteiger partial charge < -0.3 is 70.8 Å². The van der Waals surface area contributed by atoms with E-state index >= 15 is 9.59 Å². The Morgan fingerprint density at radius 3 is 1.81 bits per heavy atom. The van der Waals surface area contributed by atoms with Crippen molar-refractivity contribution in [1.82, 2.24) is 31.9 Å². The molecule has 8 N–H and O–H groups in total. The highest BCUT2D eigenvalue weighted by Gasteiger charge is 2.35. The van der Waals surface area contributed by atoms with Crippen LogP contribution >= 0.6 is 0 Å². The van der Waals surface area contributed by atoms with Crippen LogP contribution in [0.3, 0.4) is 0 Å². The molecule has 5 atom stereocenters. The lowest BCUT2D eigenvalue weighted by Gasteiger charge is -2.28. The number of hydrogen-bond donors (Lipinski definition) is 7. The summed E-state index contributed by atoms with van der Waals surface area (Å²) in [7, 11) is 4.54. The molecular formula is C72H99N7O14. The molecule has 0 aromatic heterocycles. The summed E-state index contributed by atoms with van der Waals surface area (Å²) in [4.78, 5) is 97.1. The van der Waals surface area contributed by atoms with Crippen molar-refractivity contribution >= 4 is 41.6 Å². The van der Waals surface area contributed by atoms with Gasteiger partial charge in [0.15, 0.2) is 6.61 Å². The van der Waals surface area contributed by atoms with Crippen LogP contribution in [0.1, 0.15) is 146 Å². The molecule has 0 saturated heterocycles. The number of ether oxygens (including phenoxy) is 7. The van der Waals surface area contributed by atoms with Crippen molar-refractivity contribution in [3.8, 4) is 34.1 Å². The summed E-state index contributed by atoms with van der Waals surface area (Å²) in [6.07, 6.45) is 2.04. The van der Waals surface area contributed by atoms with Gasteiger partial charge in [-0.1, -0.05) is 78.7 Å². The molecular weight excluding hydrogens is 1190 g/mol. The van der Waals surface area contributed by atoms with Crippen LogP contribution in [0.25, 0.3) is 11.1 Å². The van der Waals surface area contributed by atoms with Crippen molar-refractivity contribution in [1.29, 1.82) is 0 Å². The Kier molecular flexibility index (Phi) is 28.5. The molecule has 0 fully saturated rings. The number of hydrogen-bond acceptors (Lipinski definition) is 15. The van der Waals surface area contributed by atoms with Gasteiger partial charge in [0.1, 0.15) is 58.4 Å². The maximum atomic E-state index is 15.4. The Morgan fingerprint density at radius 1 is 0.581 bits per heavy atom. The number of nitrogens with one attached hydrogen (secondary N) is 6. The van der Waals surface area contributed by atoms with Crippen molar-refractivity contribution in [2.24, 2.45) is 5.73 Å². The fourth-order valence-electron chi connectivity index (χ4n) is 10.0. The van der Waals surface area contributed by atoms with Gasteiger partial charge in [0.2, 0.25) is 23.6 Å². The number of methoxy groups -OCH3 is 2. The first kappa shape index (κ1) is 75.0. The van der Waals surface area contributed by atoms with E-state index in [1.807, 2.05) is 77.1 Å². The molecule has 6 amide bonds. The predicted molar refractivity (Wildman–Crippen MR) is 358 cm³/mol. The minimum Gasteiger partial charge on any atom is -0.497 e. The molecule has 0 aliphatic rings. The number of unbranched alkanes of at least 4 members (excludes halogenated alkanes) is 1. The minimum atomic E-state index is -1.58. The SMILES string of the molecule is CCc1cc(OCCCCNC(=O)OC(C)(C)C)ccc1-c1ccc(C[C@H](NC(=O)[C@H](CC(=O)OC(C)(C)C)NC(=O)[C@@H](N)COC(C)(C)C)C(=O)N[C@@H](CCCc2cc(C)cc(C)c2)C(=O)NC(c2ccc(OCC(=O)NC)cc2)c2ccc(OC)cc2OC)cc1. The molecule has 21 nitrogen and oxygen atoms in total. The van der Waals surface area contributed by atoms with Gasteiger partial charge in [-0.05, 0) is 184 Å². The minimum absolute atomic E-state index is 0.110. The molecule has 0 aliphatic heterocycles. The van der Waals surface area contributed by atoms with E-state index in [0.717, 1.165) is 33.4 Å². The van der Waals surface area contributed by atoms with Crippen LogP contribution in [0.4, 0.5) is 4.79 Å². The molecule has 0 bridgehead atoms. The van der Waals surface area contributed by atoms with Crippen molar-refractivity contribution in [2.45, 2.75) is 181 Å². The zero-order chi connectivity index (χ0) is 68.6. The summed E-state index contributed by atoms with van der Waals surface area (Å²) in [6.45, 7) is 22.4. The smallest absolute Gasteiger partial charge is 0.407 e. The number of carbonyl (C=O) groups excluding carboxylic acids is 7. The number of esters is 1. The number of likely N-dealkylation sites (N-methyl/N-ethyl adjacent to an activating group) is 1. The van der Waals surface area contributed by atoms with E-state index in [4.69, 9.17) is 38.9 Å². The summed E-state index contributed by atoms with van der Waals surface area (Å²) in [5, 5.41) is 17.0. The van der Waals surface area contributed by atoms with E-state index in [1.54, 1.807) is 84.0 Å². The van der Waals surface area contributed by atoms with Crippen LogP contribution in [0.2, 0.25) is 0 Å². The lowest BCUT2D eigenvalue weighted by molar-refractivity contribution is -0.156. The standard InChI is InChI=1S/C72H99N7O14/c1-16-49-40-54(89-35-18-17-34-75-69(86)93-72(10,11)12)31-32-55(49)50-24-22-47(23-25-50)39-59(78-68(85)60(42-63(81)92-71(7,8)9)77-65(82)57(73)43-91-70(4,5)6)67(84)76-58(21-19-20-48-37-45(2)36-46(3)38-48)66(83)79-64(56-33-30-53(87-14)41-61(56)88-15)51-26-28-52(29-27-51)90-44-62(80)74-13/h22-33,36-38,40-41,57-60,64H,16-21,34-35,39,42-44,73H2,1-15H3,(H,74,80)(H,75,86)(H,76,84)(H,77,82)(H,78,85)(H,79,83)/t57-,58-,59-,60-,64?/m0/s1. The van der Waals surface area contributed by atoms with E-state index in [2.05, 4.69) is 57.0 Å². The number of amides is 6. The van der Waals surface area contributed by atoms with Crippen LogP contribution in [0, 0.1) is 13.8 Å². The summed E-state index contributed by atoms with van der Waals surface area (Å²) in [5.74, 6) is -2.11. The van der Waals surface area contributed by atoms with Gasteiger partial charge >= 0.3 is 12.1 Å². The first-order chi connectivity index (χ1) is 43.9. The first-order valence-corrected chi connectivity index (χ1v) is 31.7. The Hall–Kier alpha value is -8.69. The van der Waals surface area contributed by atoms with E-state index in [1.165, 1.54) is 21.3 Å². The Labute approximate surface area is 549 Å². The summed E-state index contributed by atoms with van der Waals surface area (Å²) < 4.78 is 40.0. The van der Waals surface area contributed by atoms with Crippen LogP contribution in [-0.2, 0) is 62.2 Å². The molecule has 5 aromatic carbocycles. The molecule has 0 saturated carbocycles. The Morgan fingerprint density at radius 2 is 1.19 bits per heavy atom. The van der Waals surface area contributed by atoms with E-state index < -0.39 is 89.1 Å². The van der Waals surface area contributed by atoms with Crippen LogP contribution in [0.5, 0.6) is 23.0 Å². The maximum absolute atomic E-state index is 15.4. The third kappa shape index (κ3) is 26.1. The van der Waals surface area contributed by atoms with Gasteiger partial charge in [-0.2, -0.15) is 0 Å². The largest absolute Gasteiger partial charge is 0.497 e. The van der Waals surface area contributed by atoms with Gasteiger partial charge in [-0.25, -0.2) is 4.79 Å². The number of nitrogens with two attached hydrogens (primary N) is 1. The Bertz CT molecular complexity index is 3280.